The van der Waals surface area contributed by atoms with E-state index in [1.807, 2.05) is 0 Å². The van der Waals surface area contributed by atoms with Gasteiger partial charge >= 0.3 is 11.4 Å². The summed E-state index contributed by atoms with van der Waals surface area (Å²) in [5, 5.41) is 48.4. The molecule has 0 bridgehead atoms. The number of nitro benzene ring substituents is 3. The van der Waals surface area contributed by atoms with E-state index in [4.69, 9.17) is 0 Å². The minimum Gasteiger partial charge on any atom is -0.412 e. The van der Waals surface area contributed by atoms with Gasteiger partial charge in [-0.3, -0.25) is 30.3 Å². The molecule has 0 amide bonds. The molecule has 28 heavy (non-hydrogen) atoms. The second-order valence-electron chi connectivity index (χ2n) is 5.16. The highest BCUT2D eigenvalue weighted by Crippen LogP contribution is 2.31. The Morgan fingerprint density at radius 1 is 0.821 bits per heavy atom. The number of nitrogens with zero attached hydrogens (tertiary/aromatic N) is 8. The first-order valence-electron chi connectivity index (χ1n) is 6.96. The van der Waals surface area contributed by atoms with Crippen LogP contribution in [0.4, 0.5) is 17.1 Å². The Bertz CT molecular complexity index is 1280. The van der Waals surface area contributed by atoms with Crippen molar-refractivity contribution >= 4 is 39.1 Å². The van der Waals surface area contributed by atoms with Crippen molar-refractivity contribution in [2.75, 3.05) is 0 Å². The maximum absolute atomic E-state index is 11.3. The molecule has 0 aliphatic heterocycles. The molecule has 0 aliphatic rings. The number of hydrogen-bond donors (Lipinski definition) is 0. The van der Waals surface area contributed by atoms with Crippen LogP contribution in [0.3, 0.4) is 0 Å². The average molecular weight is 390 g/mol. The quantitative estimate of drug-likeness (QED) is 0.350. The van der Waals surface area contributed by atoms with Crippen LogP contribution in [0, 0.1) is 30.3 Å². The van der Waals surface area contributed by atoms with Crippen LogP contribution >= 0.6 is 0 Å². The van der Waals surface area contributed by atoms with Gasteiger partial charge in [-0.05, 0) is 16.4 Å². The molecule has 0 aliphatic carbocycles. The minimum atomic E-state index is -0.827. The molecule has 142 valence electrons. The summed E-state index contributed by atoms with van der Waals surface area (Å²) in [5.74, 6) is 0. The fourth-order valence-corrected chi connectivity index (χ4v) is 2.48. The molecule has 2 heterocycles. The number of non-ortho nitro benzene ring substituents is 2. The Balaban J connectivity index is 0.00000225. The Kier molecular flexibility index (Phi) is 4.09. The van der Waals surface area contributed by atoms with E-state index in [9.17, 15) is 30.3 Å². The Hall–Kier alpha value is -4.60. The van der Waals surface area contributed by atoms with Gasteiger partial charge in [0.25, 0.3) is 5.69 Å². The third kappa shape index (κ3) is 2.61. The van der Waals surface area contributed by atoms with Crippen molar-refractivity contribution in [2.45, 2.75) is 0 Å². The normalized spacial score (nSPS) is 10.7. The highest BCUT2D eigenvalue weighted by molar-refractivity contribution is 6.03. The molecule has 16 heteroatoms. The number of nitro groups is 3. The predicted octanol–water partition coefficient (Wildman–Crippen LogP) is 0.857. The number of benzene rings is 2. The fraction of sp³-hybridized carbons (Fsp3) is 0. The molecule has 2 aromatic carbocycles. The summed E-state index contributed by atoms with van der Waals surface area (Å²) in [5.41, 5.74) is -1.83. The van der Waals surface area contributed by atoms with Crippen LogP contribution < -0.4 is 0 Å². The fourth-order valence-electron chi connectivity index (χ4n) is 2.48. The van der Waals surface area contributed by atoms with Gasteiger partial charge in [-0.2, -0.15) is 0 Å². The zero-order valence-corrected chi connectivity index (χ0v) is 13.2. The molecule has 0 fully saturated rings. The van der Waals surface area contributed by atoms with E-state index >= 15 is 0 Å². The summed E-state index contributed by atoms with van der Waals surface area (Å²) in [6.07, 6.45) is 0. The Morgan fingerprint density at radius 3 is 2.14 bits per heavy atom. The van der Waals surface area contributed by atoms with E-state index in [0.717, 1.165) is 29.1 Å². The largest absolute Gasteiger partial charge is 0.412 e. The van der Waals surface area contributed by atoms with Gasteiger partial charge in [0.2, 0.25) is 5.52 Å². The molecule has 2 aromatic heterocycles. The molecule has 0 spiro atoms. The van der Waals surface area contributed by atoms with Crippen LogP contribution in [-0.4, -0.2) is 45.6 Å². The van der Waals surface area contributed by atoms with Gasteiger partial charge < -0.3 is 5.48 Å². The predicted molar refractivity (Wildman–Crippen MR) is 87.8 cm³/mol. The van der Waals surface area contributed by atoms with E-state index in [1.54, 1.807) is 0 Å². The van der Waals surface area contributed by atoms with E-state index < -0.39 is 31.8 Å². The summed E-state index contributed by atoms with van der Waals surface area (Å²) in [4.78, 5) is 31.8. The van der Waals surface area contributed by atoms with Crippen LogP contribution in [0.25, 0.3) is 27.8 Å². The number of fused-ring (bicyclic) bond motifs is 3. The minimum absolute atomic E-state index is 0. The lowest BCUT2D eigenvalue weighted by Gasteiger charge is -2.00. The smallest absolute Gasteiger partial charge is 0.303 e. The van der Waals surface area contributed by atoms with Crippen molar-refractivity contribution in [1.29, 1.82) is 0 Å². The standard InChI is InChI=1S/C12H4N8O7.H2O/c21-18(22)5-1-2-7(8(3-5)19(23)24)17-13-6-4-9(20(25)26)11-12(10(6)14-17)16-27-15-11;/h1-4H;1H2. The highest BCUT2D eigenvalue weighted by Gasteiger charge is 2.26. The van der Waals surface area contributed by atoms with Crippen molar-refractivity contribution in [1.82, 2.24) is 25.3 Å². The Labute approximate surface area is 150 Å². The van der Waals surface area contributed by atoms with Crippen LogP contribution in [0.15, 0.2) is 28.9 Å². The number of hydrogen-bond acceptors (Lipinski definition) is 11. The summed E-state index contributed by atoms with van der Waals surface area (Å²) in [6, 6.07) is 3.98. The maximum atomic E-state index is 11.3. The van der Waals surface area contributed by atoms with Gasteiger partial charge in [-0.15, -0.1) is 15.0 Å². The van der Waals surface area contributed by atoms with Gasteiger partial charge in [0, 0.05) is 12.1 Å². The van der Waals surface area contributed by atoms with Crippen molar-refractivity contribution in [2.24, 2.45) is 0 Å². The highest BCUT2D eigenvalue weighted by atomic mass is 16.6. The van der Waals surface area contributed by atoms with E-state index in [1.165, 1.54) is 0 Å². The van der Waals surface area contributed by atoms with Gasteiger partial charge in [0.05, 0.1) is 20.8 Å². The molecule has 0 saturated heterocycles. The maximum Gasteiger partial charge on any atom is 0.303 e. The second kappa shape index (κ2) is 6.29. The van der Waals surface area contributed by atoms with Gasteiger partial charge in [-0.1, -0.05) is 0 Å². The van der Waals surface area contributed by atoms with E-state index in [2.05, 4.69) is 25.1 Å². The zero-order valence-electron chi connectivity index (χ0n) is 13.2. The van der Waals surface area contributed by atoms with Crippen molar-refractivity contribution < 1.29 is 24.9 Å². The topological polar surface area (TPSA) is 231 Å². The van der Waals surface area contributed by atoms with Crippen LogP contribution in [-0.2, 0) is 0 Å². The van der Waals surface area contributed by atoms with Gasteiger partial charge in [-0.25, -0.2) is 4.63 Å². The monoisotopic (exact) mass is 390 g/mol. The van der Waals surface area contributed by atoms with Crippen molar-refractivity contribution in [3.05, 3.63) is 54.6 Å². The molecule has 16 nitrogen and oxygen atoms in total. The van der Waals surface area contributed by atoms with Crippen molar-refractivity contribution in [3.63, 3.8) is 0 Å². The molecular weight excluding hydrogens is 384 g/mol. The van der Waals surface area contributed by atoms with Crippen LogP contribution in [0.2, 0.25) is 0 Å². The van der Waals surface area contributed by atoms with E-state index in [-0.39, 0.29) is 33.2 Å². The molecule has 0 unspecified atom stereocenters. The SMILES string of the molecule is O.O=[N+]([O-])c1ccc(-n2nc3cc([N+](=O)[O-])c4nonc4c3n2)c([N+](=O)[O-])c1. The third-order valence-electron chi connectivity index (χ3n) is 3.65. The lowest BCUT2D eigenvalue weighted by Crippen LogP contribution is -2.04. The molecule has 4 aromatic rings. The molecule has 0 radical (unpaired) electrons. The molecule has 2 N–H and O–H groups in total. The first-order chi connectivity index (χ1) is 12.9. The van der Waals surface area contributed by atoms with Gasteiger partial charge in [0.15, 0.2) is 11.2 Å². The lowest BCUT2D eigenvalue weighted by molar-refractivity contribution is -0.394. The summed E-state index contributed by atoms with van der Waals surface area (Å²) in [7, 11) is 0. The first-order valence-corrected chi connectivity index (χ1v) is 6.96. The average Bonchev–Trinajstić information content (AvgIpc) is 3.26. The number of aromatic nitrogens is 5. The zero-order chi connectivity index (χ0) is 19.3. The number of rotatable bonds is 4. The first kappa shape index (κ1) is 18.2. The van der Waals surface area contributed by atoms with Crippen molar-refractivity contribution in [3.8, 4) is 5.69 Å². The summed E-state index contributed by atoms with van der Waals surface area (Å²) >= 11 is 0. The molecular formula is C12H6N8O8. The Morgan fingerprint density at radius 2 is 1.50 bits per heavy atom. The van der Waals surface area contributed by atoms with Gasteiger partial charge in [0.1, 0.15) is 11.0 Å². The van der Waals surface area contributed by atoms with E-state index in [0.29, 0.717) is 0 Å². The summed E-state index contributed by atoms with van der Waals surface area (Å²) < 4.78 is 4.52. The molecule has 0 saturated carbocycles. The lowest BCUT2D eigenvalue weighted by atomic mass is 10.2. The van der Waals surface area contributed by atoms with Crippen LogP contribution in [0.5, 0.6) is 0 Å². The summed E-state index contributed by atoms with van der Waals surface area (Å²) in [6.45, 7) is 0. The van der Waals surface area contributed by atoms with Crippen LogP contribution in [0.1, 0.15) is 0 Å². The second-order valence-corrected chi connectivity index (χ2v) is 5.16. The molecule has 0 atom stereocenters. The third-order valence-corrected chi connectivity index (χ3v) is 3.65. The molecule has 4 rings (SSSR count).